The summed E-state index contributed by atoms with van der Waals surface area (Å²) < 4.78 is 0. The molecule has 4 heteroatoms. The Morgan fingerprint density at radius 1 is 0.880 bits per heavy atom. The fourth-order valence-corrected chi connectivity index (χ4v) is 3.48. The lowest BCUT2D eigenvalue weighted by atomic mass is 9.97. The molecule has 1 atom stereocenters. The molecule has 2 heterocycles. The highest BCUT2D eigenvalue weighted by atomic mass is 15.3. The van der Waals surface area contributed by atoms with Gasteiger partial charge in [-0.05, 0) is 24.1 Å². The number of nitrogens with zero attached hydrogens (tertiary/aromatic N) is 4. The minimum Gasteiger partial charge on any atom is -0.353 e. The summed E-state index contributed by atoms with van der Waals surface area (Å²) in [6.45, 7) is 5.17. The second-order valence-corrected chi connectivity index (χ2v) is 6.72. The monoisotopic (exact) mass is 332 g/mol. The predicted octanol–water partition coefficient (Wildman–Crippen LogP) is 3.40. The van der Waals surface area contributed by atoms with E-state index in [2.05, 4.69) is 86.8 Å². The zero-order chi connectivity index (χ0) is 16.9. The van der Waals surface area contributed by atoms with Gasteiger partial charge < -0.3 is 4.90 Å². The van der Waals surface area contributed by atoms with E-state index in [1.165, 1.54) is 5.56 Å². The second kappa shape index (κ2) is 7.62. The molecule has 1 aromatic heterocycles. The van der Waals surface area contributed by atoms with Gasteiger partial charge in [-0.1, -0.05) is 54.6 Å². The molecule has 0 saturated carbocycles. The van der Waals surface area contributed by atoms with Crippen LogP contribution in [0.5, 0.6) is 0 Å². The van der Waals surface area contributed by atoms with Gasteiger partial charge in [0.25, 0.3) is 0 Å². The van der Waals surface area contributed by atoms with Gasteiger partial charge in [0.2, 0.25) is 0 Å². The number of aromatic nitrogens is 2. The molecular formula is C21H24N4. The molecule has 1 aliphatic carbocycles. The van der Waals surface area contributed by atoms with E-state index >= 15 is 0 Å². The van der Waals surface area contributed by atoms with Crippen LogP contribution in [0.3, 0.4) is 0 Å². The van der Waals surface area contributed by atoms with Gasteiger partial charge in [0.05, 0.1) is 5.69 Å². The van der Waals surface area contributed by atoms with E-state index in [9.17, 15) is 0 Å². The molecule has 0 bridgehead atoms. The minimum absolute atomic E-state index is 0.370. The highest BCUT2D eigenvalue weighted by Gasteiger charge is 2.19. The first-order chi connectivity index (χ1) is 12.4. The standard InChI is InChI=1S/C21H24N4/c1-3-7-18(8-4-1)17-24-13-15-25(16-14-24)21-12-11-20(22-23-21)19-9-5-2-6-10-19/h1-9,11-12,19H,10,13-17H2. The van der Waals surface area contributed by atoms with Crippen LogP contribution in [-0.2, 0) is 6.54 Å². The number of rotatable bonds is 4. The molecule has 4 rings (SSSR count). The van der Waals surface area contributed by atoms with Crippen molar-refractivity contribution in [3.8, 4) is 0 Å². The normalized spacial score (nSPS) is 20.8. The van der Waals surface area contributed by atoms with E-state index in [1.807, 2.05) is 0 Å². The molecule has 0 radical (unpaired) electrons. The molecule has 1 saturated heterocycles. The largest absolute Gasteiger partial charge is 0.353 e. The van der Waals surface area contributed by atoms with Crippen LogP contribution >= 0.6 is 0 Å². The molecule has 2 aliphatic rings. The molecule has 2 aromatic rings. The van der Waals surface area contributed by atoms with Crippen molar-refractivity contribution >= 4 is 5.82 Å². The van der Waals surface area contributed by atoms with E-state index < -0.39 is 0 Å². The van der Waals surface area contributed by atoms with Crippen molar-refractivity contribution in [2.24, 2.45) is 0 Å². The van der Waals surface area contributed by atoms with E-state index in [1.54, 1.807) is 0 Å². The van der Waals surface area contributed by atoms with Crippen LogP contribution in [-0.4, -0.2) is 41.3 Å². The molecule has 128 valence electrons. The third-order valence-electron chi connectivity index (χ3n) is 4.98. The highest BCUT2D eigenvalue weighted by Crippen LogP contribution is 2.23. The van der Waals surface area contributed by atoms with Crippen molar-refractivity contribution in [3.05, 3.63) is 78.0 Å². The van der Waals surface area contributed by atoms with Gasteiger partial charge in [-0.3, -0.25) is 4.90 Å². The Kier molecular flexibility index (Phi) is 4.89. The summed E-state index contributed by atoms with van der Waals surface area (Å²) in [6, 6.07) is 15.0. The van der Waals surface area contributed by atoms with Crippen molar-refractivity contribution in [1.82, 2.24) is 15.1 Å². The van der Waals surface area contributed by atoms with E-state index in [0.717, 1.165) is 50.7 Å². The van der Waals surface area contributed by atoms with E-state index in [-0.39, 0.29) is 0 Å². The SMILES string of the molecule is C1=CCC(c2ccc(N3CCN(Cc4ccccc4)CC3)nn2)C=C1. The molecule has 1 unspecified atom stereocenters. The quantitative estimate of drug-likeness (QED) is 0.859. The first kappa shape index (κ1) is 16.0. The average Bonchev–Trinajstić information content (AvgIpc) is 2.70. The Morgan fingerprint density at radius 2 is 1.72 bits per heavy atom. The summed E-state index contributed by atoms with van der Waals surface area (Å²) in [5.41, 5.74) is 2.45. The first-order valence-electron chi connectivity index (χ1n) is 9.07. The number of hydrogen-bond donors (Lipinski definition) is 0. The molecule has 4 nitrogen and oxygen atoms in total. The zero-order valence-electron chi connectivity index (χ0n) is 14.5. The van der Waals surface area contributed by atoms with Crippen molar-refractivity contribution in [1.29, 1.82) is 0 Å². The van der Waals surface area contributed by atoms with Gasteiger partial charge >= 0.3 is 0 Å². The average molecular weight is 332 g/mol. The molecule has 1 fully saturated rings. The van der Waals surface area contributed by atoms with Gasteiger partial charge in [0.1, 0.15) is 0 Å². The lowest BCUT2D eigenvalue weighted by Gasteiger charge is -2.35. The smallest absolute Gasteiger partial charge is 0.151 e. The van der Waals surface area contributed by atoms with Gasteiger partial charge in [-0.2, -0.15) is 5.10 Å². The van der Waals surface area contributed by atoms with Crippen molar-refractivity contribution in [2.45, 2.75) is 18.9 Å². The van der Waals surface area contributed by atoms with E-state index in [4.69, 9.17) is 0 Å². The predicted molar refractivity (Wildman–Crippen MR) is 102 cm³/mol. The van der Waals surface area contributed by atoms with Crippen LogP contribution < -0.4 is 4.90 Å². The highest BCUT2D eigenvalue weighted by molar-refractivity contribution is 5.39. The number of benzene rings is 1. The van der Waals surface area contributed by atoms with Gasteiger partial charge in [-0.15, -0.1) is 5.10 Å². The van der Waals surface area contributed by atoms with Crippen LogP contribution in [0.25, 0.3) is 0 Å². The molecule has 0 N–H and O–H groups in total. The number of piperazine rings is 1. The molecule has 0 amide bonds. The van der Waals surface area contributed by atoms with Crippen LogP contribution in [0.1, 0.15) is 23.6 Å². The van der Waals surface area contributed by atoms with Crippen molar-refractivity contribution < 1.29 is 0 Å². The van der Waals surface area contributed by atoms with Crippen molar-refractivity contribution in [2.75, 3.05) is 31.1 Å². The Morgan fingerprint density at radius 3 is 2.40 bits per heavy atom. The fraction of sp³-hybridized carbons (Fsp3) is 0.333. The molecule has 1 aromatic carbocycles. The maximum atomic E-state index is 4.49. The molecule has 1 aliphatic heterocycles. The number of anilines is 1. The molecule has 0 spiro atoms. The Balaban J connectivity index is 1.33. The fourth-order valence-electron chi connectivity index (χ4n) is 3.48. The van der Waals surface area contributed by atoms with Crippen LogP contribution in [0.4, 0.5) is 5.82 Å². The first-order valence-corrected chi connectivity index (χ1v) is 9.07. The Labute approximate surface area is 149 Å². The van der Waals surface area contributed by atoms with Crippen LogP contribution in [0, 0.1) is 0 Å². The molecular weight excluding hydrogens is 308 g/mol. The van der Waals surface area contributed by atoms with Gasteiger partial charge in [0.15, 0.2) is 5.82 Å². The lowest BCUT2D eigenvalue weighted by molar-refractivity contribution is 0.249. The summed E-state index contributed by atoms with van der Waals surface area (Å²) in [5.74, 6) is 1.37. The molecule has 25 heavy (non-hydrogen) atoms. The number of hydrogen-bond acceptors (Lipinski definition) is 4. The Hall–Kier alpha value is -2.46. The summed E-state index contributed by atoms with van der Waals surface area (Å²) in [6.07, 6.45) is 9.59. The van der Waals surface area contributed by atoms with Gasteiger partial charge in [-0.25, -0.2) is 0 Å². The third kappa shape index (κ3) is 3.97. The maximum absolute atomic E-state index is 4.49. The summed E-state index contributed by atoms with van der Waals surface area (Å²) in [4.78, 5) is 4.85. The topological polar surface area (TPSA) is 32.3 Å². The zero-order valence-corrected chi connectivity index (χ0v) is 14.5. The lowest BCUT2D eigenvalue weighted by Crippen LogP contribution is -2.46. The van der Waals surface area contributed by atoms with Crippen molar-refractivity contribution in [3.63, 3.8) is 0 Å². The summed E-state index contributed by atoms with van der Waals surface area (Å²) in [7, 11) is 0. The Bertz CT molecular complexity index is 728. The van der Waals surface area contributed by atoms with Gasteiger partial charge in [0, 0.05) is 38.6 Å². The summed E-state index contributed by atoms with van der Waals surface area (Å²) >= 11 is 0. The minimum atomic E-state index is 0.370. The second-order valence-electron chi connectivity index (χ2n) is 6.72. The van der Waals surface area contributed by atoms with Crippen LogP contribution in [0.15, 0.2) is 66.8 Å². The van der Waals surface area contributed by atoms with Crippen LogP contribution in [0.2, 0.25) is 0 Å². The summed E-state index contributed by atoms with van der Waals surface area (Å²) in [5, 5.41) is 8.96. The maximum Gasteiger partial charge on any atom is 0.151 e. The third-order valence-corrected chi connectivity index (χ3v) is 4.98. The number of allylic oxidation sites excluding steroid dienone is 4. The van der Waals surface area contributed by atoms with E-state index in [0.29, 0.717) is 5.92 Å².